The fraction of sp³-hybridized carbons (Fsp3) is 0.364. The molecule has 0 saturated heterocycles. The van der Waals surface area contributed by atoms with E-state index in [2.05, 4.69) is 0 Å². The largest absolute Gasteiger partial charge is 0.147 e. The van der Waals surface area contributed by atoms with E-state index in [1.165, 1.54) is 0 Å². The summed E-state index contributed by atoms with van der Waals surface area (Å²) in [4.78, 5) is 11.2. The number of para-hydroxylation sites is 1. The molecule has 2 unspecified atom stereocenters. The van der Waals surface area contributed by atoms with E-state index in [9.17, 15) is 9.90 Å². The number of hydrogen-bond acceptors (Lipinski definition) is 2. The summed E-state index contributed by atoms with van der Waals surface area (Å²) < 4.78 is 2.95. The number of carboxylic acids is 1. The molecule has 0 radical (unpaired) electrons. The first-order valence-corrected chi connectivity index (χ1v) is 13.4. The number of rotatable bonds is 3. The van der Waals surface area contributed by atoms with Crippen molar-refractivity contribution in [1.82, 2.24) is 0 Å². The predicted molar refractivity (Wildman–Crippen MR) is 74.8 cm³/mol. The van der Waals surface area contributed by atoms with E-state index in [0.29, 0.717) is 6.42 Å². The van der Waals surface area contributed by atoms with Gasteiger partial charge in [0.15, 0.2) is 0 Å². The predicted octanol–water partition coefficient (Wildman–Crippen LogP) is 2.40. The minimum Gasteiger partial charge on any atom is -0.147 e. The van der Waals surface area contributed by atoms with Crippen molar-refractivity contribution in [3.8, 4) is 0 Å². The van der Waals surface area contributed by atoms with E-state index >= 15 is 0 Å². The van der Waals surface area contributed by atoms with Gasteiger partial charge in [-0.05, 0) is 0 Å². The molecule has 0 amide bonds. The maximum Gasteiger partial charge on any atom is -0.147 e. The number of benzene rings is 1. The van der Waals surface area contributed by atoms with Crippen LogP contribution in [0.4, 0.5) is 5.69 Å². The third-order valence-electron chi connectivity index (χ3n) is 2.94. The van der Waals surface area contributed by atoms with Gasteiger partial charge in [0, 0.05) is 0 Å². The van der Waals surface area contributed by atoms with Crippen LogP contribution in [0.15, 0.2) is 24.3 Å². The van der Waals surface area contributed by atoms with Crippen molar-refractivity contribution in [2.24, 2.45) is 0 Å². The average molecular weight is 383 g/mol. The molecule has 1 heterocycles. The molecule has 1 aromatic rings. The Morgan fingerprint density at radius 3 is 2.82 bits per heavy atom. The Hall–Kier alpha value is -0.131. The molecule has 0 fully saturated rings. The number of halogens is 2. The molecular formula is C11H15Cl2NO2Sn. The molecule has 0 aromatic heterocycles. The number of anilines is 1. The van der Waals surface area contributed by atoms with Gasteiger partial charge in [0.2, 0.25) is 0 Å². The fourth-order valence-electron chi connectivity index (χ4n) is 2.16. The summed E-state index contributed by atoms with van der Waals surface area (Å²) in [5, 5.41) is 9.23. The first-order valence-electron chi connectivity index (χ1n) is 5.38. The second kappa shape index (κ2) is 6.16. The number of carboxylic acid groups (broad SMARTS) is 1. The molecule has 3 nitrogen and oxygen atoms in total. The van der Waals surface area contributed by atoms with Gasteiger partial charge in [-0.3, -0.25) is 0 Å². The van der Waals surface area contributed by atoms with Gasteiger partial charge in [0.1, 0.15) is 0 Å². The van der Waals surface area contributed by atoms with Crippen LogP contribution in [0.3, 0.4) is 0 Å². The Balaban J connectivity index is 0.00000144. The number of carbonyl (C=O) groups is 1. The van der Waals surface area contributed by atoms with Gasteiger partial charge >= 0.3 is 106 Å². The van der Waals surface area contributed by atoms with Crippen LogP contribution in [-0.2, 0) is 11.2 Å². The summed E-state index contributed by atoms with van der Waals surface area (Å²) in [6.45, 7) is 2.05. The zero-order chi connectivity index (χ0) is 11.7. The van der Waals surface area contributed by atoms with Crippen LogP contribution in [0.1, 0.15) is 12.5 Å². The van der Waals surface area contributed by atoms with Gasteiger partial charge in [0.05, 0.1) is 0 Å². The Bertz CT molecular complexity index is 416. The monoisotopic (exact) mass is 383 g/mol. The van der Waals surface area contributed by atoms with Gasteiger partial charge in [0.25, 0.3) is 0 Å². The van der Waals surface area contributed by atoms with Crippen LogP contribution in [0.25, 0.3) is 0 Å². The summed E-state index contributed by atoms with van der Waals surface area (Å²) in [7, 11) is 6.41. The maximum absolute atomic E-state index is 11.2. The fourth-order valence-corrected chi connectivity index (χ4v) is 8.26. The van der Waals surface area contributed by atoms with Crippen molar-refractivity contribution in [2.75, 3.05) is 3.12 Å². The normalized spacial score (nSPS) is 19.4. The van der Waals surface area contributed by atoms with Gasteiger partial charge in [-0.1, -0.05) is 0 Å². The van der Waals surface area contributed by atoms with Crippen LogP contribution in [0, 0.1) is 0 Å². The molecule has 1 aliphatic rings. The summed E-state index contributed by atoms with van der Waals surface area (Å²) in [5.41, 5.74) is 2.17. The third-order valence-corrected chi connectivity index (χ3v) is 11.9. The second-order valence-electron chi connectivity index (χ2n) is 3.94. The summed E-state index contributed by atoms with van der Waals surface area (Å²) in [6, 6.07) is 7.44. The molecular weight excluding hydrogens is 368 g/mol. The summed E-state index contributed by atoms with van der Waals surface area (Å²) >= 11 is -2.38. The van der Waals surface area contributed by atoms with Crippen molar-refractivity contribution in [3.05, 3.63) is 29.8 Å². The number of fused-ring (bicyclic) bond motifs is 1. The molecule has 2 rings (SSSR count). The van der Waals surface area contributed by atoms with Gasteiger partial charge in [-0.25, -0.2) is 0 Å². The van der Waals surface area contributed by atoms with Crippen molar-refractivity contribution in [1.29, 1.82) is 0 Å². The molecule has 6 heteroatoms. The molecule has 94 valence electrons. The molecule has 0 spiro atoms. The van der Waals surface area contributed by atoms with Crippen LogP contribution < -0.4 is 3.12 Å². The molecule has 1 aromatic carbocycles. The minimum absolute atomic E-state index is 0. The number of hydrogen-bond donors (Lipinski definition) is 1. The molecule has 0 bridgehead atoms. The van der Waals surface area contributed by atoms with Crippen LogP contribution in [0.5, 0.6) is 0 Å². The van der Waals surface area contributed by atoms with E-state index in [1.54, 1.807) is 0 Å². The standard InChI is InChI=1S/C9H8NO2.C2H5.2ClH.Sn.H/c11-9(12)8-5-6-3-1-2-4-7(6)10-8;1-2;;;;/h1-4,8H,5H2,(H,11,12);1H2,2H3;2*1H;;/q-1;;;;+2;/p-1. The summed E-state index contributed by atoms with van der Waals surface area (Å²) in [6.07, 6.45) is 0.589. The van der Waals surface area contributed by atoms with E-state index in [-0.39, 0.29) is 12.4 Å². The van der Waals surface area contributed by atoms with Crippen molar-refractivity contribution in [3.63, 3.8) is 0 Å². The van der Waals surface area contributed by atoms with E-state index < -0.39 is 30.9 Å². The zero-order valence-electron chi connectivity index (χ0n) is 9.47. The minimum atomic E-state index is -2.38. The number of aliphatic carboxylic acids is 1. The van der Waals surface area contributed by atoms with E-state index in [4.69, 9.17) is 8.92 Å². The van der Waals surface area contributed by atoms with Crippen LogP contribution in [0.2, 0.25) is 4.44 Å². The molecule has 2 atom stereocenters. The number of nitrogens with zero attached hydrogens (tertiary/aromatic N) is 1. The van der Waals surface area contributed by atoms with Gasteiger partial charge < -0.3 is 0 Å². The van der Waals surface area contributed by atoms with Gasteiger partial charge in [-0.2, -0.15) is 0 Å². The molecule has 1 N–H and O–H groups in total. The topological polar surface area (TPSA) is 40.5 Å². The first-order chi connectivity index (χ1) is 7.65. The van der Waals surface area contributed by atoms with Crippen LogP contribution >= 0.6 is 21.3 Å². The molecule has 17 heavy (non-hydrogen) atoms. The van der Waals surface area contributed by atoms with Gasteiger partial charge in [-0.15, -0.1) is 12.4 Å². The second-order valence-corrected chi connectivity index (χ2v) is 13.7. The molecule has 0 aliphatic carbocycles. The maximum atomic E-state index is 11.2. The molecule has 0 saturated carbocycles. The Labute approximate surface area is 118 Å². The zero-order valence-corrected chi connectivity index (χ0v) is 14.3. The van der Waals surface area contributed by atoms with E-state index in [1.807, 2.05) is 34.3 Å². The van der Waals surface area contributed by atoms with Crippen molar-refractivity contribution >= 4 is 51.9 Å². The van der Waals surface area contributed by atoms with Crippen molar-refractivity contribution in [2.45, 2.75) is 23.8 Å². The summed E-state index contributed by atoms with van der Waals surface area (Å²) in [5.74, 6) is -0.757. The first kappa shape index (κ1) is 14.9. The molecule has 1 aliphatic heterocycles. The third kappa shape index (κ3) is 2.83. The van der Waals surface area contributed by atoms with Crippen molar-refractivity contribution < 1.29 is 9.90 Å². The quantitative estimate of drug-likeness (QED) is 0.816. The Kier molecular flexibility index (Phi) is 5.41. The Morgan fingerprint density at radius 1 is 1.59 bits per heavy atom. The van der Waals surface area contributed by atoms with E-state index in [0.717, 1.165) is 15.7 Å². The Morgan fingerprint density at radius 2 is 2.24 bits per heavy atom. The SMILES string of the molecule is C[CH2][SnH]([Cl])[N]1c2ccccc2CC1C(=O)O.Cl. The average Bonchev–Trinajstić information content (AvgIpc) is 2.67. The van der Waals surface area contributed by atoms with Crippen LogP contribution in [-0.4, -0.2) is 36.0 Å². The smallest absolute Gasteiger partial charge is 0.147 e.